The van der Waals surface area contributed by atoms with Crippen molar-refractivity contribution < 1.29 is 4.79 Å². The number of nitrogens with zero attached hydrogens (tertiary/aromatic N) is 2. The van der Waals surface area contributed by atoms with Crippen molar-refractivity contribution in [2.45, 2.75) is 0 Å². The lowest BCUT2D eigenvalue weighted by Gasteiger charge is -2.11. The molecule has 2 rings (SSSR count). The van der Waals surface area contributed by atoms with Gasteiger partial charge in [-0.3, -0.25) is 4.79 Å². The van der Waals surface area contributed by atoms with Crippen molar-refractivity contribution in [3.8, 4) is 0 Å². The van der Waals surface area contributed by atoms with E-state index in [4.69, 9.17) is 0 Å². The van der Waals surface area contributed by atoms with Crippen molar-refractivity contribution in [2.75, 3.05) is 19.0 Å². The van der Waals surface area contributed by atoms with Crippen LogP contribution in [0.4, 0.5) is 5.69 Å². The summed E-state index contributed by atoms with van der Waals surface area (Å²) >= 11 is 2.13. The van der Waals surface area contributed by atoms with Crippen LogP contribution in [0.25, 0.3) is 0 Å². The Morgan fingerprint density at radius 1 is 1.14 bits per heavy atom. The van der Waals surface area contributed by atoms with Crippen LogP contribution in [-0.4, -0.2) is 26.2 Å². The molecule has 0 aliphatic heterocycles. The van der Waals surface area contributed by atoms with E-state index in [9.17, 15) is 4.79 Å². The Hall–Kier alpha value is -1.89. The lowest BCUT2D eigenvalue weighted by atomic mass is 10.2. The molecule has 0 atom stereocenters. The van der Waals surface area contributed by atoms with Gasteiger partial charge >= 0.3 is 0 Å². The van der Waals surface area contributed by atoms with Gasteiger partial charge in [0, 0.05) is 23.4 Å². The average molecular weight is 393 g/mol. The molecule has 0 saturated carbocycles. The van der Waals surface area contributed by atoms with Crippen molar-refractivity contribution >= 4 is 40.4 Å². The number of amides is 1. The first kappa shape index (κ1) is 15.5. The van der Waals surface area contributed by atoms with E-state index in [1.54, 1.807) is 12.3 Å². The first-order valence-electron chi connectivity index (χ1n) is 6.43. The predicted molar refractivity (Wildman–Crippen MR) is 95.0 cm³/mol. The number of carbonyl (C=O) groups is 1. The lowest BCUT2D eigenvalue weighted by molar-refractivity contribution is 0.0954. The highest BCUT2D eigenvalue weighted by atomic mass is 127. The minimum Gasteiger partial charge on any atom is -0.378 e. The number of benzene rings is 2. The van der Waals surface area contributed by atoms with Crippen LogP contribution in [0.3, 0.4) is 0 Å². The van der Waals surface area contributed by atoms with Gasteiger partial charge in [0.05, 0.1) is 11.8 Å². The minimum atomic E-state index is -0.207. The van der Waals surface area contributed by atoms with Crippen LogP contribution in [0.2, 0.25) is 0 Å². The molecule has 0 unspecified atom stereocenters. The zero-order chi connectivity index (χ0) is 15.2. The molecule has 0 radical (unpaired) electrons. The summed E-state index contributed by atoms with van der Waals surface area (Å²) in [6.45, 7) is 0. The average Bonchev–Trinajstić information content (AvgIpc) is 2.48. The second-order valence-corrected chi connectivity index (χ2v) is 5.83. The zero-order valence-corrected chi connectivity index (χ0v) is 14.0. The second kappa shape index (κ2) is 7.21. The topological polar surface area (TPSA) is 44.7 Å². The molecule has 1 N–H and O–H groups in total. The van der Waals surface area contributed by atoms with Crippen molar-refractivity contribution in [1.29, 1.82) is 0 Å². The zero-order valence-electron chi connectivity index (χ0n) is 11.9. The molecule has 4 nitrogen and oxygen atoms in total. The Kier molecular flexibility index (Phi) is 5.32. The normalized spacial score (nSPS) is 10.6. The molecule has 5 heteroatoms. The van der Waals surface area contributed by atoms with Gasteiger partial charge in [0.25, 0.3) is 5.91 Å². The molecule has 0 aromatic heterocycles. The number of hydrogen-bond donors (Lipinski definition) is 1. The first-order chi connectivity index (χ1) is 10.1. The maximum atomic E-state index is 12.0. The van der Waals surface area contributed by atoms with Gasteiger partial charge in [-0.25, -0.2) is 5.43 Å². The van der Waals surface area contributed by atoms with Crippen LogP contribution < -0.4 is 10.3 Å². The lowest BCUT2D eigenvalue weighted by Crippen LogP contribution is -2.18. The van der Waals surface area contributed by atoms with E-state index in [1.165, 1.54) is 0 Å². The Balaban J connectivity index is 1.99. The number of hydrazone groups is 1. The van der Waals surface area contributed by atoms with Gasteiger partial charge in [-0.05, 0) is 52.4 Å². The fourth-order valence-electron chi connectivity index (χ4n) is 1.73. The van der Waals surface area contributed by atoms with Crippen LogP contribution in [0, 0.1) is 3.57 Å². The number of nitrogens with one attached hydrogen (secondary N) is 1. The van der Waals surface area contributed by atoms with Gasteiger partial charge in [0.1, 0.15) is 0 Å². The Morgan fingerprint density at radius 2 is 1.81 bits per heavy atom. The summed E-state index contributed by atoms with van der Waals surface area (Å²) < 4.78 is 0.901. The highest BCUT2D eigenvalue weighted by molar-refractivity contribution is 14.1. The van der Waals surface area contributed by atoms with Crippen molar-refractivity contribution in [2.24, 2.45) is 5.10 Å². The van der Waals surface area contributed by atoms with Gasteiger partial charge in [0.15, 0.2) is 0 Å². The predicted octanol–water partition coefficient (Wildman–Crippen LogP) is 3.12. The van der Waals surface area contributed by atoms with Crippen molar-refractivity contribution in [3.05, 3.63) is 63.2 Å². The number of rotatable bonds is 4. The monoisotopic (exact) mass is 393 g/mol. The van der Waals surface area contributed by atoms with Crippen LogP contribution in [0.5, 0.6) is 0 Å². The van der Waals surface area contributed by atoms with Crippen LogP contribution in [-0.2, 0) is 0 Å². The highest BCUT2D eigenvalue weighted by Crippen LogP contribution is 2.12. The first-order valence-corrected chi connectivity index (χ1v) is 7.51. The molecule has 0 aliphatic carbocycles. The van der Waals surface area contributed by atoms with Gasteiger partial charge in [-0.1, -0.05) is 24.3 Å². The number of anilines is 1. The van der Waals surface area contributed by atoms with E-state index in [0.29, 0.717) is 5.56 Å². The third-order valence-corrected chi connectivity index (χ3v) is 3.85. The van der Waals surface area contributed by atoms with E-state index in [2.05, 4.69) is 33.1 Å². The van der Waals surface area contributed by atoms with Crippen molar-refractivity contribution in [1.82, 2.24) is 5.43 Å². The van der Waals surface area contributed by atoms with Gasteiger partial charge in [0.2, 0.25) is 0 Å². The number of halogens is 1. The summed E-state index contributed by atoms with van der Waals surface area (Å²) in [6.07, 6.45) is 1.63. The second-order valence-electron chi connectivity index (χ2n) is 4.66. The Labute approximate surface area is 138 Å². The Bertz CT molecular complexity index is 651. The largest absolute Gasteiger partial charge is 0.378 e. The minimum absolute atomic E-state index is 0.207. The molecule has 0 heterocycles. The summed E-state index contributed by atoms with van der Waals surface area (Å²) in [4.78, 5) is 14.0. The molecule has 2 aromatic rings. The van der Waals surface area contributed by atoms with E-state index in [-0.39, 0.29) is 5.91 Å². The molecule has 0 aliphatic rings. The molecular formula is C16H16IN3O. The number of carbonyl (C=O) groups excluding carboxylic acids is 1. The molecule has 108 valence electrons. The molecule has 21 heavy (non-hydrogen) atoms. The van der Waals surface area contributed by atoms with E-state index < -0.39 is 0 Å². The summed E-state index contributed by atoms with van der Waals surface area (Å²) in [6, 6.07) is 15.3. The standard InChI is InChI=1S/C16H16IN3O/c1-20(2)13-9-7-12(8-10-13)11-18-19-16(21)14-5-3-4-6-15(14)17/h3-11H,1-2H3,(H,19,21)/b18-11+. The van der Waals surface area contributed by atoms with Gasteiger partial charge in [-0.2, -0.15) is 5.10 Å². The number of hydrogen-bond acceptors (Lipinski definition) is 3. The van der Waals surface area contributed by atoms with Crippen LogP contribution in [0.15, 0.2) is 53.6 Å². The summed E-state index contributed by atoms with van der Waals surface area (Å²) in [5.74, 6) is -0.207. The van der Waals surface area contributed by atoms with E-state index in [0.717, 1.165) is 14.8 Å². The van der Waals surface area contributed by atoms with E-state index >= 15 is 0 Å². The molecule has 0 fully saturated rings. The highest BCUT2D eigenvalue weighted by Gasteiger charge is 2.07. The maximum absolute atomic E-state index is 12.0. The maximum Gasteiger partial charge on any atom is 0.272 e. The fraction of sp³-hybridized carbons (Fsp3) is 0.125. The SMILES string of the molecule is CN(C)c1ccc(/C=N/NC(=O)c2ccccc2I)cc1. The van der Waals surface area contributed by atoms with Gasteiger partial charge in [-0.15, -0.1) is 0 Å². The molecule has 0 bridgehead atoms. The smallest absolute Gasteiger partial charge is 0.272 e. The molecule has 0 spiro atoms. The fourth-order valence-corrected chi connectivity index (χ4v) is 2.36. The van der Waals surface area contributed by atoms with Crippen LogP contribution >= 0.6 is 22.6 Å². The third kappa shape index (κ3) is 4.29. The third-order valence-electron chi connectivity index (χ3n) is 2.91. The Morgan fingerprint density at radius 3 is 2.43 bits per heavy atom. The van der Waals surface area contributed by atoms with E-state index in [1.807, 2.05) is 61.5 Å². The summed E-state index contributed by atoms with van der Waals surface area (Å²) in [5.41, 5.74) is 5.22. The van der Waals surface area contributed by atoms with Crippen molar-refractivity contribution in [3.63, 3.8) is 0 Å². The van der Waals surface area contributed by atoms with Crippen LogP contribution in [0.1, 0.15) is 15.9 Å². The molecule has 0 saturated heterocycles. The summed E-state index contributed by atoms with van der Waals surface area (Å²) in [5, 5.41) is 3.99. The molecule has 1 amide bonds. The molecule has 2 aromatic carbocycles. The van der Waals surface area contributed by atoms with Gasteiger partial charge < -0.3 is 4.90 Å². The molecular weight excluding hydrogens is 377 g/mol. The quantitative estimate of drug-likeness (QED) is 0.493. The summed E-state index contributed by atoms with van der Waals surface area (Å²) in [7, 11) is 3.98.